The molecule has 0 amide bonds. The van der Waals surface area contributed by atoms with Crippen LogP contribution in [0.3, 0.4) is 0 Å². The van der Waals surface area contributed by atoms with Gasteiger partial charge in [0.15, 0.2) is 0 Å². The van der Waals surface area contributed by atoms with Gasteiger partial charge in [-0.15, -0.1) is 0 Å². The molecule has 1 saturated heterocycles. The van der Waals surface area contributed by atoms with E-state index in [1.807, 2.05) is 7.05 Å². The molecule has 4 nitrogen and oxygen atoms in total. The highest BCUT2D eigenvalue weighted by Crippen LogP contribution is 2.28. The van der Waals surface area contributed by atoms with Gasteiger partial charge in [-0.1, -0.05) is 6.07 Å². The predicted octanol–water partition coefficient (Wildman–Crippen LogP) is 2.66. The minimum Gasteiger partial charge on any atom is -0.464 e. The zero-order valence-corrected chi connectivity index (χ0v) is 12.7. The molecule has 21 heavy (non-hydrogen) atoms. The van der Waals surface area contributed by atoms with Crippen LogP contribution in [0.25, 0.3) is 0 Å². The van der Waals surface area contributed by atoms with Gasteiger partial charge in [-0.3, -0.25) is 0 Å². The molecule has 5 heteroatoms. The molecule has 1 aliphatic heterocycles. The third kappa shape index (κ3) is 3.94. The Morgan fingerprint density at radius 1 is 1.43 bits per heavy atom. The molecule has 1 atom stereocenters. The fourth-order valence-corrected chi connectivity index (χ4v) is 2.76. The number of rotatable bonds is 4. The van der Waals surface area contributed by atoms with Crippen molar-refractivity contribution in [3.05, 3.63) is 30.1 Å². The Kier molecular flexibility index (Phi) is 5.17. The summed E-state index contributed by atoms with van der Waals surface area (Å²) < 4.78 is 18.6. The van der Waals surface area contributed by atoms with Crippen LogP contribution in [0.2, 0.25) is 0 Å². The van der Waals surface area contributed by atoms with Gasteiger partial charge in [-0.05, 0) is 58.0 Å². The number of hydrogen-bond donors (Lipinski definition) is 1. The van der Waals surface area contributed by atoms with Crippen LogP contribution in [0.5, 0.6) is 0 Å². The summed E-state index contributed by atoms with van der Waals surface area (Å²) in [6, 6.07) is 6.22. The monoisotopic (exact) mass is 294 g/mol. The zero-order valence-electron chi connectivity index (χ0n) is 12.7. The van der Waals surface area contributed by atoms with E-state index < -0.39 is 5.54 Å². The minimum atomic E-state index is -0.769. The van der Waals surface area contributed by atoms with Gasteiger partial charge < -0.3 is 15.0 Å². The maximum absolute atomic E-state index is 13.4. The van der Waals surface area contributed by atoms with Crippen LogP contribution in [0.15, 0.2) is 24.3 Å². The molecule has 1 N–H and O–H groups in total. The van der Waals surface area contributed by atoms with E-state index in [0.717, 1.165) is 19.5 Å². The summed E-state index contributed by atoms with van der Waals surface area (Å²) in [6.07, 6.45) is 2.24. The van der Waals surface area contributed by atoms with Gasteiger partial charge in [0.2, 0.25) is 0 Å². The molecular formula is C16H23FN2O2. The third-order valence-corrected chi connectivity index (χ3v) is 3.94. The lowest BCUT2D eigenvalue weighted by molar-refractivity contribution is -0.149. The summed E-state index contributed by atoms with van der Waals surface area (Å²) in [5.41, 5.74) is -0.151. The van der Waals surface area contributed by atoms with Crippen molar-refractivity contribution in [1.82, 2.24) is 4.90 Å². The van der Waals surface area contributed by atoms with Crippen molar-refractivity contribution in [3.8, 4) is 0 Å². The van der Waals surface area contributed by atoms with E-state index in [2.05, 4.69) is 10.2 Å². The first-order chi connectivity index (χ1) is 10.1. The van der Waals surface area contributed by atoms with Crippen LogP contribution in [-0.2, 0) is 9.53 Å². The number of hydrogen-bond acceptors (Lipinski definition) is 4. The summed E-state index contributed by atoms with van der Waals surface area (Å²) in [5, 5.41) is 3.24. The molecule has 0 radical (unpaired) electrons. The first-order valence-electron chi connectivity index (χ1n) is 7.45. The van der Waals surface area contributed by atoms with E-state index in [4.69, 9.17) is 4.74 Å². The van der Waals surface area contributed by atoms with Gasteiger partial charge in [-0.2, -0.15) is 0 Å². The molecule has 0 bridgehead atoms. The molecule has 0 spiro atoms. The number of halogens is 1. The Hall–Kier alpha value is -1.62. The lowest BCUT2D eigenvalue weighted by Gasteiger charge is -2.32. The molecule has 0 aromatic heterocycles. The van der Waals surface area contributed by atoms with Crippen molar-refractivity contribution in [2.75, 3.05) is 32.1 Å². The van der Waals surface area contributed by atoms with Gasteiger partial charge in [0.25, 0.3) is 0 Å². The lowest BCUT2D eigenvalue weighted by atomic mass is 9.90. The van der Waals surface area contributed by atoms with Gasteiger partial charge in [0.05, 0.1) is 6.61 Å². The van der Waals surface area contributed by atoms with Crippen LogP contribution >= 0.6 is 0 Å². The third-order valence-electron chi connectivity index (χ3n) is 3.94. The summed E-state index contributed by atoms with van der Waals surface area (Å²) >= 11 is 0. The van der Waals surface area contributed by atoms with Crippen LogP contribution in [0, 0.1) is 5.82 Å². The topological polar surface area (TPSA) is 41.6 Å². The molecule has 1 fully saturated rings. The Morgan fingerprint density at radius 3 is 2.95 bits per heavy atom. The van der Waals surface area contributed by atoms with Crippen LogP contribution in [-0.4, -0.2) is 43.2 Å². The zero-order chi connectivity index (χ0) is 15.3. The fraction of sp³-hybridized carbons (Fsp3) is 0.562. The first-order valence-corrected chi connectivity index (χ1v) is 7.45. The summed E-state index contributed by atoms with van der Waals surface area (Å²) in [5.74, 6) is -0.561. The normalized spacial score (nSPS) is 23.4. The molecule has 0 aliphatic carbocycles. The van der Waals surface area contributed by atoms with Crippen molar-refractivity contribution < 1.29 is 13.9 Å². The average molecular weight is 294 g/mol. The SMILES string of the molecule is CCOC(=O)C1(Nc2cccc(F)c2)CCCN(C)CC1. The molecule has 1 aromatic rings. The van der Waals surface area contributed by atoms with Crippen molar-refractivity contribution in [2.45, 2.75) is 31.7 Å². The predicted molar refractivity (Wildman–Crippen MR) is 80.7 cm³/mol. The van der Waals surface area contributed by atoms with Crippen molar-refractivity contribution in [2.24, 2.45) is 0 Å². The number of carbonyl (C=O) groups excluding carboxylic acids is 1. The van der Waals surface area contributed by atoms with Crippen molar-refractivity contribution in [1.29, 1.82) is 0 Å². The maximum Gasteiger partial charge on any atom is 0.331 e. The Morgan fingerprint density at radius 2 is 2.24 bits per heavy atom. The van der Waals surface area contributed by atoms with E-state index in [9.17, 15) is 9.18 Å². The number of likely N-dealkylation sites (tertiary alicyclic amines) is 1. The number of benzene rings is 1. The summed E-state index contributed by atoms with van der Waals surface area (Å²) in [6.45, 7) is 3.91. The number of nitrogens with zero attached hydrogens (tertiary/aromatic N) is 1. The lowest BCUT2D eigenvalue weighted by Crippen LogP contribution is -2.48. The number of nitrogens with one attached hydrogen (secondary N) is 1. The first kappa shape index (κ1) is 15.8. The Labute approximate surface area is 125 Å². The van der Waals surface area contributed by atoms with E-state index in [1.165, 1.54) is 12.1 Å². The highest BCUT2D eigenvalue weighted by atomic mass is 19.1. The van der Waals surface area contributed by atoms with Gasteiger partial charge >= 0.3 is 5.97 Å². The fourth-order valence-electron chi connectivity index (χ4n) is 2.76. The second-order valence-corrected chi connectivity index (χ2v) is 5.59. The molecule has 0 saturated carbocycles. The molecule has 1 aliphatic rings. The second kappa shape index (κ2) is 6.89. The highest BCUT2D eigenvalue weighted by molar-refractivity contribution is 5.84. The molecule has 2 rings (SSSR count). The van der Waals surface area contributed by atoms with Crippen molar-refractivity contribution in [3.63, 3.8) is 0 Å². The second-order valence-electron chi connectivity index (χ2n) is 5.59. The minimum absolute atomic E-state index is 0.246. The summed E-state index contributed by atoms with van der Waals surface area (Å²) in [7, 11) is 2.05. The Balaban J connectivity index is 2.24. The number of esters is 1. The van der Waals surface area contributed by atoms with Crippen LogP contribution in [0.1, 0.15) is 26.2 Å². The number of ether oxygens (including phenoxy) is 1. The van der Waals surface area contributed by atoms with Crippen molar-refractivity contribution >= 4 is 11.7 Å². The molecular weight excluding hydrogens is 271 g/mol. The highest BCUT2D eigenvalue weighted by Gasteiger charge is 2.40. The van der Waals surface area contributed by atoms with Crippen LogP contribution < -0.4 is 5.32 Å². The molecule has 1 unspecified atom stereocenters. The van der Waals surface area contributed by atoms with Gasteiger partial charge in [0.1, 0.15) is 11.4 Å². The van der Waals surface area contributed by atoms with Gasteiger partial charge in [0, 0.05) is 12.2 Å². The molecule has 1 heterocycles. The molecule has 116 valence electrons. The average Bonchev–Trinajstić information content (AvgIpc) is 2.62. The smallest absolute Gasteiger partial charge is 0.331 e. The number of carbonyl (C=O) groups is 1. The van der Waals surface area contributed by atoms with Gasteiger partial charge in [-0.25, -0.2) is 9.18 Å². The van der Waals surface area contributed by atoms with E-state index >= 15 is 0 Å². The number of anilines is 1. The quantitative estimate of drug-likeness (QED) is 0.867. The van der Waals surface area contributed by atoms with Crippen LogP contribution in [0.4, 0.5) is 10.1 Å². The Bertz CT molecular complexity index is 495. The molecule has 1 aromatic carbocycles. The van der Waals surface area contributed by atoms with E-state index in [0.29, 0.717) is 25.1 Å². The standard InChI is InChI=1S/C16H23FN2O2/c1-3-21-15(20)16(8-5-10-19(2)11-9-16)18-14-7-4-6-13(17)12-14/h4,6-7,12,18H,3,5,8-11H2,1-2H3. The summed E-state index contributed by atoms with van der Waals surface area (Å²) in [4.78, 5) is 14.7. The van der Waals surface area contributed by atoms with E-state index in [1.54, 1.807) is 19.1 Å². The largest absolute Gasteiger partial charge is 0.464 e. The van der Waals surface area contributed by atoms with E-state index in [-0.39, 0.29) is 11.8 Å². The maximum atomic E-state index is 13.4.